The lowest BCUT2D eigenvalue weighted by Crippen LogP contribution is -2.35. The van der Waals surface area contributed by atoms with Crippen molar-refractivity contribution in [2.45, 2.75) is 76.9 Å². The Balaban J connectivity index is 0.000000218. The third kappa shape index (κ3) is 18.1. The van der Waals surface area contributed by atoms with Crippen LogP contribution in [0.1, 0.15) is 105 Å². The number of carbonyl (C=O) groups excluding carboxylic acids is 5. The molecule has 19 heteroatoms. The number of anilines is 2. The molecule has 0 aliphatic carbocycles. The predicted octanol–water partition coefficient (Wildman–Crippen LogP) is 9.79. The molecule has 430 valence electrons. The number of ether oxygens (including phenoxy) is 6. The number of carbonyl (C=O) groups is 5. The molecule has 2 aliphatic rings. The van der Waals surface area contributed by atoms with Crippen LogP contribution in [0.2, 0.25) is 0 Å². The maximum absolute atomic E-state index is 14.0. The van der Waals surface area contributed by atoms with Crippen LogP contribution in [0.4, 0.5) is 20.2 Å². The molecule has 6 aromatic rings. The highest BCUT2D eigenvalue weighted by molar-refractivity contribution is 6.06. The van der Waals surface area contributed by atoms with Gasteiger partial charge in [-0.3, -0.25) is 9.59 Å². The maximum atomic E-state index is 14.0. The molecule has 2 atom stereocenters. The number of rotatable bonds is 28. The van der Waals surface area contributed by atoms with Crippen LogP contribution in [0.25, 0.3) is 0 Å². The third-order valence-electron chi connectivity index (χ3n) is 13.0. The summed E-state index contributed by atoms with van der Waals surface area (Å²) in [4.78, 5) is 63.7. The number of methoxy groups -OCH3 is 2. The van der Waals surface area contributed by atoms with Gasteiger partial charge in [0, 0.05) is 88.2 Å². The number of esters is 2. The molecule has 2 unspecified atom stereocenters. The molecular formula is C62H70F2N4O13. The molecule has 0 spiro atoms. The number of phenols is 2. The first-order valence-corrected chi connectivity index (χ1v) is 26.7. The Hall–Kier alpha value is -8.23. The van der Waals surface area contributed by atoms with Crippen molar-refractivity contribution in [3.05, 3.63) is 190 Å². The molecule has 2 aliphatic heterocycles. The number of aldehydes is 1. The van der Waals surface area contributed by atoms with Gasteiger partial charge in [-0.15, -0.1) is 0 Å². The van der Waals surface area contributed by atoms with Crippen LogP contribution in [0.3, 0.4) is 0 Å². The van der Waals surface area contributed by atoms with E-state index in [1.807, 2.05) is 66.7 Å². The summed E-state index contributed by atoms with van der Waals surface area (Å²) in [5.74, 6) is -4.27. The number of nitrogens with one attached hydrogen (secondary N) is 1. The van der Waals surface area contributed by atoms with E-state index in [0.29, 0.717) is 93.9 Å². The second-order valence-electron chi connectivity index (χ2n) is 18.8. The Bertz CT molecular complexity index is 2990. The molecule has 0 aromatic heterocycles. The number of nitrogens with zero attached hydrogens (tertiary/aromatic N) is 2. The minimum atomic E-state index is -1.28. The number of benzene rings is 6. The van der Waals surface area contributed by atoms with Gasteiger partial charge in [0.2, 0.25) is 0 Å². The highest BCUT2D eigenvalue weighted by atomic mass is 19.1. The minimum absolute atomic E-state index is 0.0229. The molecule has 81 heavy (non-hydrogen) atoms. The summed E-state index contributed by atoms with van der Waals surface area (Å²) in [7, 11) is 2.35. The summed E-state index contributed by atoms with van der Waals surface area (Å²) >= 11 is 0. The fourth-order valence-corrected chi connectivity index (χ4v) is 9.00. The van der Waals surface area contributed by atoms with Gasteiger partial charge in [0.1, 0.15) is 29.4 Å². The molecule has 0 fully saturated rings. The van der Waals surface area contributed by atoms with Gasteiger partial charge in [0.15, 0.2) is 12.1 Å². The first kappa shape index (κ1) is 62.0. The fraction of sp³-hybridized carbons (Fsp3) is 0.339. The highest BCUT2D eigenvalue weighted by Crippen LogP contribution is 2.40. The van der Waals surface area contributed by atoms with E-state index in [-0.39, 0.29) is 35.7 Å². The number of hydrogen-bond donors (Lipinski definition) is 4. The van der Waals surface area contributed by atoms with Crippen LogP contribution >= 0.6 is 0 Å². The van der Waals surface area contributed by atoms with Crippen LogP contribution < -0.4 is 11.1 Å². The Morgan fingerprint density at radius 1 is 0.580 bits per heavy atom. The molecule has 0 saturated heterocycles. The summed E-state index contributed by atoms with van der Waals surface area (Å²) in [6.07, 6.45) is 5.75. The van der Waals surface area contributed by atoms with Gasteiger partial charge in [-0.25, -0.2) is 18.4 Å². The molecule has 17 nitrogen and oxygen atoms in total. The molecule has 5 N–H and O–H groups in total. The number of nitrogen functional groups attached to an aromatic ring is 1. The monoisotopic (exact) mass is 1120 g/mol. The Kier molecular flexibility index (Phi) is 25.1. The van der Waals surface area contributed by atoms with E-state index in [0.717, 1.165) is 93.0 Å². The predicted molar refractivity (Wildman–Crippen MR) is 299 cm³/mol. The summed E-state index contributed by atoms with van der Waals surface area (Å²) in [6, 6.07) is 34.6. The number of unbranched alkanes of at least 4 members (excludes halogenated alkanes) is 2. The Morgan fingerprint density at radius 3 is 1.53 bits per heavy atom. The average molecular weight is 1120 g/mol. The van der Waals surface area contributed by atoms with Crippen LogP contribution in [0.5, 0.6) is 11.5 Å². The Morgan fingerprint density at radius 2 is 1.04 bits per heavy atom. The topological polar surface area (TPSA) is 226 Å². The molecule has 2 amide bonds. The van der Waals surface area contributed by atoms with E-state index in [1.165, 1.54) is 22.5 Å². The van der Waals surface area contributed by atoms with E-state index in [9.17, 15) is 43.0 Å². The van der Waals surface area contributed by atoms with Crippen molar-refractivity contribution in [3.63, 3.8) is 0 Å². The third-order valence-corrected chi connectivity index (χ3v) is 13.0. The molecule has 2 heterocycles. The lowest BCUT2D eigenvalue weighted by molar-refractivity contribution is -0.147. The van der Waals surface area contributed by atoms with Gasteiger partial charge in [-0.1, -0.05) is 84.9 Å². The lowest BCUT2D eigenvalue weighted by atomic mass is 10.0. The van der Waals surface area contributed by atoms with Gasteiger partial charge < -0.3 is 64.3 Å². The standard InChI is InChI=1S/C31H35FN2O6.C17H15FN2O4.C14H20O3/c1-38-31(37)29(25-19-24(32)13-14-27(25)35)34-20-23-11-7-12-26(28(23)30(34)36)33-15-5-6-16-39-17-8-18-40-21-22-9-3-2-4-10-22;1-24-17(23)15(11-7-10(18)5-6-13(11)21)20-8-9-3-2-4-12(19)14(9)16(20)22;15-9-4-5-10-16-11-6-12-17-13-14-7-2-1-3-8-14/h2-4,7,9-14,19,29,33,35H,5-6,8,15-18,20-21H2,1H3;2-7,15,21H,8,19H2,1H3;1-3,7-9H,4-6,10-13H2. The summed E-state index contributed by atoms with van der Waals surface area (Å²) in [5.41, 5.74) is 11.3. The summed E-state index contributed by atoms with van der Waals surface area (Å²) in [6.45, 7) is 6.14. The van der Waals surface area contributed by atoms with E-state index in [1.54, 1.807) is 18.2 Å². The number of hydrogen-bond acceptors (Lipinski definition) is 15. The van der Waals surface area contributed by atoms with E-state index in [2.05, 4.69) is 17.4 Å². The second-order valence-corrected chi connectivity index (χ2v) is 18.8. The molecule has 0 saturated carbocycles. The van der Waals surface area contributed by atoms with Crippen molar-refractivity contribution < 1.29 is 71.4 Å². The van der Waals surface area contributed by atoms with Crippen molar-refractivity contribution in [3.8, 4) is 11.5 Å². The van der Waals surface area contributed by atoms with Gasteiger partial charge >= 0.3 is 11.9 Å². The maximum Gasteiger partial charge on any atom is 0.333 e. The van der Waals surface area contributed by atoms with Crippen LogP contribution in [-0.2, 0) is 69.1 Å². The zero-order valence-corrected chi connectivity index (χ0v) is 45.6. The van der Waals surface area contributed by atoms with Gasteiger partial charge in [-0.2, -0.15) is 0 Å². The number of amides is 2. The number of aromatic hydroxyl groups is 2. The zero-order valence-electron chi connectivity index (χ0n) is 45.6. The largest absolute Gasteiger partial charge is 0.508 e. The highest BCUT2D eigenvalue weighted by Gasteiger charge is 2.42. The van der Waals surface area contributed by atoms with Gasteiger partial charge in [-0.05, 0) is 103 Å². The van der Waals surface area contributed by atoms with Gasteiger partial charge in [0.05, 0.1) is 38.6 Å². The van der Waals surface area contributed by atoms with Gasteiger partial charge in [0.25, 0.3) is 11.8 Å². The van der Waals surface area contributed by atoms with Crippen LogP contribution in [0, 0.1) is 11.6 Å². The van der Waals surface area contributed by atoms with Crippen molar-refractivity contribution in [1.29, 1.82) is 0 Å². The SMILES string of the molecule is COC(=O)C(c1cc(F)ccc1O)N1Cc2cccc(N)c2C1=O.COC(=O)C(c1cc(F)ccc1O)N1Cc2cccc(NCCCCOCCCOCc3ccccc3)c2C1=O.O=CCCCOCCCOCc1ccccc1. The number of fused-ring (bicyclic) bond motifs is 2. The Labute approximate surface area is 470 Å². The molecule has 0 bridgehead atoms. The van der Waals surface area contributed by atoms with Crippen LogP contribution in [-0.4, -0.2) is 110 Å². The number of nitrogens with two attached hydrogens (primary N) is 1. The smallest absolute Gasteiger partial charge is 0.333 e. The molecule has 0 radical (unpaired) electrons. The zero-order chi connectivity index (χ0) is 57.9. The first-order chi connectivity index (χ1) is 39.4. The van der Waals surface area contributed by atoms with E-state index >= 15 is 0 Å². The number of halogens is 2. The summed E-state index contributed by atoms with van der Waals surface area (Å²) < 4.78 is 59.5. The quantitative estimate of drug-likeness (QED) is 0.0155. The van der Waals surface area contributed by atoms with Crippen LogP contribution in [0.15, 0.2) is 133 Å². The molecule has 6 aromatic carbocycles. The van der Waals surface area contributed by atoms with Crippen molar-refractivity contribution in [2.24, 2.45) is 0 Å². The minimum Gasteiger partial charge on any atom is -0.508 e. The van der Waals surface area contributed by atoms with E-state index < -0.39 is 47.5 Å². The second kappa shape index (κ2) is 32.7. The lowest BCUT2D eigenvalue weighted by Gasteiger charge is -2.26. The number of phenolic OH excluding ortho intramolecular Hbond substituents is 2. The molecule has 8 rings (SSSR count). The van der Waals surface area contributed by atoms with E-state index in [4.69, 9.17) is 34.2 Å². The normalized spacial score (nSPS) is 13.0. The average Bonchev–Trinajstić information content (AvgIpc) is 4.00. The van der Waals surface area contributed by atoms with Crippen molar-refractivity contribution >= 4 is 41.4 Å². The molecular weight excluding hydrogens is 1050 g/mol. The van der Waals surface area contributed by atoms with Crippen molar-refractivity contribution in [2.75, 3.05) is 71.5 Å². The summed E-state index contributed by atoms with van der Waals surface area (Å²) in [5, 5.41) is 23.7. The first-order valence-electron chi connectivity index (χ1n) is 26.7. The fourth-order valence-electron chi connectivity index (χ4n) is 9.00. The van der Waals surface area contributed by atoms with Crippen molar-refractivity contribution in [1.82, 2.24) is 9.80 Å².